The number of anilines is 2. The molecule has 1 heterocycles. The highest BCUT2D eigenvalue weighted by Gasteiger charge is 2.18. The Morgan fingerprint density at radius 3 is 2.87 bits per heavy atom. The lowest BCUT2D eigenvalue weighted by atomic mass is 10.3. The van der Waals surface area contributed by atoms with Gasteiger partial charge in [-0.05, 0) is 31.7 Å². The second-order valence-corrected chi connectivity index (χ2v) is 8.16. The Bertz CT molecular complexity index is 647. The largest absolute Gasteiger partial charge is 0.360 e. The number of para-hydroxylation sites is 1. The van der Waals surface area contributed by atoms with Crippen LogP contribution >= 0.6 is 34.9 Å². The first kappa shape index (κ1) is 18.1. The van der Waals surface area contributed by atoms with Crippen molar-refractivity contribution in [3.05, 3.63) is 24.3 Å². The number of aromatic nitrogens is 2. The summed E-state index contributed by atoms with van der Waals surface area (Å²) in [5.74, 6) is -0.0326. The van der Waals surface area contributed by atoms with Crippen LogP contribution in [0.2, 0.25) is 0 Å². The van der Waals surface area contributed by atoms with Gasteiger partial charge in [-0.3, -0.25) is 4.79 Å². The molecule has 8 heteroatoms. The molecule has 0 aliphatic heterocycles. The Hall–Kier alpha value is -1.25. The lowest BCUT2D eigenvalue weighted by Crippen LogP contribution is -2.22. The molecule has 0 saturated heterocycles. The zero-order valence-electron chi connectivity index (χ0n) is 13.3. The number of thioether (sulfide) groups is 2. The Kier molecular flexibility index (Phi) is 7.19. The molecule has 0 unspecified atom stereocenters. The van der Waals surface area contributed by atoms with E-state index in [0.717, 1.165) is 33.0 Å². The molecule has 23 heavy (non-hydrogen) atoms. The van der Waals surface area contributed by atoms with Crippen LogP contribution in [0.1, 0.15) is 20.3 Å². The first-order valence-electron chi connectivity index (χ1n) is 7.32. The summed E-state index contributed by atoms with van der Waals surface area (Å²) in [5.41, 5.74) is 0.847. The van der Waals surface area contributed by atoms with Crippen molar-refractivity contribution in [2.24, 2.45) is 0 Å². The van der Waals surface area contributed by atoms with Crippen LogP contribution in [0.4, 0.5) is 10.8 Å². The van der Waals surface area contributed by atoms with Crippen LogP contribution in [-0.2, 0) is 4.79 Å². The Morgan fingerprint density at radius 1 is 1.35 bits per heavy atom. The molecule has 0 saturated carbocycles. The first-order valence-corrected chi connectivity index (χ1v) is 10.2. The smallest absolute Gasteiger partial charge is 0.237 e. The van der Waals surface area contributed by atoms with E-state index in [-0.39, 0.29) is 11.2 Å². The zero-order chi connectivity index (χ0) is 16.7. The maximum atomic E-state index is 12.4. The van der Waals surface area contributed by atoms with Gasteiger partial charge >= 0.3 is 0 Å². The van der Waals surface area contributed by atoms with Crippen LogP contribution in [-0.4, -0.2) is 34.2 Å². The zero-order valence-corrected chi connectivity index (χ0v) is 15.8. The highest BCUT2D eigenvalue weighted by molar-refractivity contribution is 8.02. The molecule has 0 radical (unpaired) electrons. The molecule has 0 aliphatic rings. The van der Waals surface area contributed by atoms with E-state index < -0.39 is 0 Å². The second kappa shape index (κ2) is 9.14. The lowest BCUT2D eigenvalue weighted by molar-refractivity contribution is -0.115. The summed E-state index contributed by atoms with van der Waals surface area (Å²) in [4.78, 5) is 13.4. The average molecular weight is 369 g/mol. The van der Waals surface area contributed by atoms with Gasteiger partial charge in [-0.25, -0.2) is 0 Å². The average Bonchev–Trinajstić information content (AvgIpc) is 3.00. The van der Waals surface area contributed by atoms with Crippen molar-refractivity contribution in [3.8, 4) is 0 Å². The third-order valence-corrected chi connectivity index (χ3v) is 5.81. The number of nitrogens with zero attached hydrogens (tertiary/aromatic N) is 2. The van der Waals surface area contributed by atoms with E-state index in [9.17, 15) is 4.79 Å². The van der Waals surface area contributed by atoms with Crippen molar-refractivity contribution < 1.29 is 4.79 Å². The summed E-state index contributed by atoms with van der Waals surface area (Å²) >= 11 is 4.52. The molecular weight excluding hydrogens is 348 g/mol. The van der Waals surface area contributed by atoms with Crippen LogP contribution in [0.15, 0.2) is 33.5 Å². The predicted molar refractivity (Wildman–Crippen MR) is 101 cm³/mol. The molecule has 1 amide bonds. The molecule has 1 aromatic heterocycles. The van der Waals surface area contributed by atoms with E-state index in [4.69, 9.17) is 0 Å². The van der Waals surface area contributed by atoms with Gasteiger partial charge in [0.25, 0.3) is 0 Å². The van der Waals surface area contributed by atoms with Crippen molar-refractivity contribution in [2.45, 2.75) is 34.8 Å². The number of benzene rings is 1. The fraction of sp³-hybridized carbons (Fsp3) is 0.400. The summed E-state index contributed by atoms with van der Waals surface area (Å²) < 4.78 is 0.796. The standard InChI is InChI=1S/C15H20N4OS3/c1-4-9-16-14-18-19-15(23-14)22-10(2)13(20)17-11-7-5-6-8-12(11)21-3/h5-8,10H,4,9H2,1-3H3,(H,16,18)(H,17,20)/t10-/m1/s1. The molecule has 0 aliphatic carbocycles. The van der Waals surface area contributed by atoms with Crippen molar-refractivity contribution in [2.75, 3.05) is 23.4 Å². The number of hydrogen-bond donors (Lipinski definition) is 2. The lowest BCUT2D eigenvalue weighted by Gasteiger charge is -2.12. The van der Waals surface area contributed by atoms with E-state index in [1.54, 1.807) is 11.8 Å². The molecule has 124 valence electrons. The van der Waals surface area contributed by atoms with Crippen LogP contribution in [0.3, 0.4) is 0 Å². The van der Waals surface area contributed by atoms with Gasteiger partial charge in [0.15, 0.2) is 4.34 Å². The number of carbonyl (C=O) groups excluding carboxylic acids is 1. The van der Waals surface area contributed by atoms with Crippen LogP contribution in [0.5, 0.6) is 0 Å². The van der Waals surface area contributed by atoms with Gasteiger partial charge in [-0.1, -0.05) is 42.2 Å². The van der Waals surface area contributed by atoms with Gasteiger partial charge in [-0.2, -0.15) is 0 Å². The molecule has 0 bridgehead atoms. The SMILES string of the molecule is CCCNc1nnc(S[C@H](C)C(=O)Nc2ccccc2SC)s1. The van der Waals surface area contributed by atoms with Crippen molar-refractivity contribution in [3.63, 3.8) is 0 Å². The monoisotopic (exact) mass is 368 g/mol. The fourth-order valence-electron chi connectivity index (χ4n) is 1.75. The topological polar surface area (TPSA) is 66.9 Å². The minimum absolute atomic E-state index is 0.0326. The number of carbonyl (C=O) groups is 1. The minimum atomic E-state index is -0.239. The molecule has 0 spiro atoms. The molecule has 2 N–H and O–H groups in total. The number of nitrogens with one attached hydrogen (secondary N) is 2. The predicted octanol–water partition coefficient (Wildman–Crippen LogP) is 4.20. The van der Waals surface area contributed by atoms with Crippen molar-refractivity contribution >= 4 is 51.6 Å². The van der Waals surface area contributed by atoms with Crippen molar-refractivity contribution in [1.82, 2.24) is 10.2 Å². The van der Waals surface area contributed by atoms with E-state index in [1.807, 2.05) is 37.4 Å². The summed E-state index contributed by atoms with van der Waals surface area (Å²) in [6, 6.07) is 7.79. The van der Waals surface area contributed by atoms with Gasteiger partial charge in [0.2, 0.25) is 11.0 Å². The van der Waals surface area contributed by atoms with Crippen LogP contribution in [0, 0.1) is 0 Å². The maximum Gasteiger partial charge on any atom is 0.237 e. The first-order chi connectivity index (χ1) is 11.1. The minimum Gasteiger partial charge on any atom is -0.360 e. The molecule has 2 aromatic rings. The molecule has 2 rings (SSSR count). The highest BCUT2D eigenvalue weighted by atomic mass is 32.2. The maximum absolute atomic E-state index is 12.4. The van der Waals surface area contributed by atoms with Gasteiger partial charge in [0.1, 0.15) is 0 Å². The molecule has 5 nitrogen and oxygen atoms in total. The molecule has 1 aromatic carbocycles. The summed E-state index contributed by atoms with van der Waals surface area (Å²) in [7, 11) is 0. The quantitative estimate of drug-likeness (QED) is 0.681. The van der Waals surface area contributed by atoms with Crippen LogP contribution in [0.25, 0.3) is 0 Å². The molecule has 0 fully saturated rings. The van der Waals surface area contributed by atoms with E-state index in [0.29, 0.717) is 0 Å². The fourth-order valence-corrected chi connectivity index (χ4v) is 4.22. The van der Waals surface area contributed by atoms with Gasteiger partial charge in [0.05, 0.1) is 10.9 Å². The summed E-state index contributed by atoms with van der Waals surface area (Å²) in [6.07, 6.45) is 3.03. The third kappa shape index (κ3) is 5.40. The molecule has 1 atom stereocenters. The normalized spacial score (nSPS) is 12.0. The van der Waals surface area contributed by atoms with E-state index in [2.05, 4.69) is 27.8 Å². The number of rotatable bonds is 8. The van der Waals surface area contributed by atoms with Gasteiger partial charge in [0, 0.05) is 11.4 Å². The molecular formula is C15H20N4OS3. The number of amides is 1. The Balaban J connectivity index is 1.93. The summed E-state index contributed by atoms with van der Waals surface area (Å²) in [6.45, 7) is 4.85. The van der Waals surface area contributed by atoms with E-state index >= 15 is 0 Å². The third-order valence-electron chi connectivity index (χ3n) is 2.94. The van der Waals surface area contributed by atoms with E-state index in [1.165, 1.54) is 23.1 Å². The van der Waals surface area contributed by atoms with Gasteiger partial charge in [-0.15, -0.1) is 22.0 Å². The Labute approximate surface area is 149 Å². The van der Waals surface area contributed by atoms with Gasteiger partial charge < -0.3 is 10.6 Å². The Morgan fingerprint density at radius 2 is 2.13 bits per heavy atom. The second-order valence-electron chi connectivity index (χ2n) is 4.75. The van der Waals surface area contributed by atoms with Crippen molar-refractivity contribution in [1.29, 1.82) is 0 Å². The highest BCUT2D eigenvalue weighted by Crippen LogP contribution is 2.30. The van der Waals surface area contributed by atoms with Crippen LogP contribution < -0.4 is 10.6 Å². The summed E-state index contributed by atoms with van der Waals surface area (Å²) in [5, 5.41) is 14.9. The number of hydrogen-bond acceptors (Lipinski definition) is 7.